The van der Waals surface area contributed by atoms with Gasteiger partial charge in [0, 0.05) is 16.6 Å². The Balaban J connectivity index is 0.00000144. The number of thiophene rings is 1. The quantitative estimate of drug-likeness (QED) is 0.539. The Labute approximate surface area is 122 Å². The molecular weight excluding hydrogens is 293 g/mol. The lowest BCUT2D eigenvalue weighted by Gasteiger charge is -2.04. The van der Waals surface area contributed by atoms with Crippen LogP contribution in [-0.2, 0) is 4.84 Å². The SMILES string of the molecule is CO/N=C(\N)c1ncccc1-c1cccs1.Cl.Cl. The topological polar surface area (TPSA) is 60.5 Å². The van der Waals surface area contributed by atoms with Crippen molar-refractivity contribution in [2.45, 2.75) is 0 Å². The van der Waals surface area contributed by atoms with Crippen LogP contribution in [0.4, 0.5) is 0 Å². The smallest absolute Gasteiger partial charge is 0.189 e. The molecule has 2 aromatic heterocycles. The first kappa shape index (κ1) is 16.7. The highest BCUT2D eigenvalue weighted by Crippen LogP contribution is 2.26. The third kappa shape index (κ3) is 3.60. The molecule has 0 amide bonds. The first-order valence-electron chi connectivity index (χ1n) is 4.69. The van der Waals surface area contributed by atoms with E-state index in [4.69, 9.17) is 5.73 Å². The normalized spacial score (nSPS) is 10.2. The van der Waals surface area contributed by atoms with Gasteiger partial charge < -0.3 is 10.6 Å². The Bertz CT molecular complexity index is 503. The molecule has 0 fully saturated rings. The largest absolute Gasteiger partial charge is 0.397 e. The second kappa shape index (κ2) is 7.92. The summed E-state index contributed by atoms with van der Waals surface area (Å²) in [6.07, 6.45) is 1.68. The molecule has 0 spiro atoms. The van der Waals surface area contributed by atoms with E-state index in [1.165, 1.54) is 7.11 Å². The molecule has 0 bridgehead atoms. The molecule has 0 radical (unpaired) electrons. The van der Waals surface area contributed by atoms with Gasteiger partial charge in [0.25, 0.3) is 0 Å². The molecular formula is C11H13Cl2N3OS. The van der Waals surface area contributed by atoms with Crippen LogP contribution in [0, 0.1) is 0 Å². The van der Waals surface area contributed by atoms with Gasteiger partial charge in [0.15, 0.2) is 5.84 Å². The van der Waals surface area contributed by atoms with Crippen LogP contribution in [0.2, 0.25) is 0 Å². The molecule has 2 heterocycles. The maximum atomic E-state index is 5.78. The first-order valence-corrected chi connectivity index (χ1v) is 5.57. The number of aromatic nitrogens is 1. The fraction of sp³-hybridized carbons (Fsp3) is 0.0909. The summed E-state index contributed by atoms with van der Waals surface area (Å²) in [6, 6.07) is 7.84. The Morgan fingerprint density at radius 2 is 2.11 bits per heavy atom. The molecule has 0 saturated carbocycles. The number of nitrogens with zero attached hydrogens (tertiary/aromatic N) is 2. The van der Waals surface area contributed by atoms with Crippen molar-refractivity contribution in [3.63, 3.8) is 0 Å². The molecule has 2 N–H and O–H groups in total. The van der Waals surface area contributed by atoms with Crippen LogP contribution in [0.1, 0.15) is 5.69 Å². The number of pyridine rings is 1. The van der Waals surface area contributed by atoms with Crippen LogP contribution >= 0.6 is 36.2 Å². The Kier molecular flexibility index (Phi) is 7.35. The summed E-state index contributed by atoms with van der Waals surface area (Å²) in [4.78, 5) is 9.99. The molecule has 98 valence electrons. The summed E-state index contributed by atoms with van der Waals surface area (Å²) < 4.78 is 0. The highest BCUT2D eigenvalue weighted by Gasteiger charge is 2.10. The van der Waals surface area contributed by atoms with Gasteiger partial charge in [-0.15, -0.1) is 36.2 Å². The Morgan fingerprint density at radius 3 is 2.72 bits per heavy atom. The van der Waals surface area contributed by atoms with E-state index in [0.717, 1.165) is 10.4 Å². The molecule has 0 aromatic carbocycles. The van der Waals surface area contributed by atoms with E-state index in [0.29, 0.717) is 5.69 Å². The summed E-state index contributed by atoms with van der Waals surface area (Å²) in [5.41, 5.74) is 7.39. The van der Waals surface area contributed by atoms with E-state index < -0.39 is 0 Å². The summed E-state index contributed by atoms with van der Waals surface area (Å²) in [6.45, 7) is 0. The van der Waals surface area contributed by atoms with Crippen LogP contribution in [0.5, 0.6) is 0 Å². The second-order valence-electron chi connectivity index (χ2n) is 3.04. The minimum absolute atomic E-state index is 0. The summed E-state index contributed by atoms with van der Waals surface area (Å²) in [5, 5.41) is 5.71. The zero-order valence-electron chi connectivity index (χ0n) is 9.57. The minimum Gasteiger partial charge on any atom is -0.397 e. The summed E-state index contributed by atoms with van der Waals surface area (Å²) in [5.74, 6) is 0.284. The number of nitrogens with two attached hydrogens (primary N) is 1. The molecule has 0 aliphatic heterocycles. The fourth-order valence-electron chi connectivity index (χ4n) is 1.38. The monoisotopic (exact) mass is 305 g/mol. The summed E-state index contributed by atoms with van der Waals surface area (Å²) in [7, 11) is 1.46. The van der Waals surface area contributed by atoms with Gasteiger partial charge in [0.05, 0.1) is 0 Å². The van der Waals surface area contributed by atoms with Crippen molar-refractivity contribution in [2.24, 2.45) is 10.9 Å². The molecule has 0 atom stereocenters. The number of hydrogen-bond acceptors (Lipinski definition) is 4. The van der Waals surface area contributed by atoms with Crippen LogP contribution in [0.25, 0.3) is 10.4 Å². The highest BCUT2D eigenvalue weighted by molar-refractivity contribution is 7.13. The number of rotatable bonds is 3. The lowest BCUT2D eigenvalue weighted by molar-refractivity contribution is 0.213. The molecule has 0 saturated heterocycles. The highest BCUT2D eigenvalue weighted by atomic mass is 35.5. The van der Waals surface area contributed by atoms with E-state index in [9.17, 15) is 0 Å². The van der Waals surface area contributed by atoms with Gasteiger partial charge in [0.2, 0.25) is 0 Å². The van der Waals surface area contributed by atoms with E-state index in [-0.39, 0.29) is 30.6 Å². The predicted molar refractivity (Wildman–Crippen MR) is 79.8 cm³/mol. The average molecular weight is 306 g/mol. The molecule has 18 heavy (non-hydrogen) atoms. The van der Waals surface area contributed by atoms with Gasteiger partial charge in [0.1, 0.15) is 12.8 Å². The van der Waals surface area contributed by atoms with Crippen molar-refractivity contribution in [3.05, 3.63) is 41.5 Å². The van der Waals surface area contributed by atoms with Crippen LogP contribution in [0.3, 0.4) is 0 Å². The molecule has 4 nitrogen and oxygen atoms in total. The van der Waals surface area contributed by atoms with Crippen LogP contribution < -0.4 is 5.73 Å². The van der Waals surface area contributed by atoms with E-state index in [1.54, 1.807) is 17.5 Å². The Morgan fingerprint density at radius 1 is 1.33 bits per heavy atom. The van der Waals surface area contributed by atoms with E-state index in [1.807, 2.05) is 29.6 Å². The molecule has 2 rings (SSSR count). The third-order valence-electron chi connectivity index (χ3n) is 2.03. The zero-order chi connectivity index (χ0) is 11.4. The molecule has 0 unspecified atom stereocenters. The number of amidine groups is 1. The second-order valence-corrected chi connectivity index (χ2v) is 3.98. The average Bonchev–Trinajstić information content (AvgIpc) is 2.83. The van der Waals surface area contributed by atoms with E-state index in [2.05, 4.69) is 15.0 Å². The number of hydrogen-bond donors (Lipinski definition) is 1. The molecule has 0 aliphatic carbocycles. The summed E-state index contributed by atoms with van der Waals surface area (Å²) >= 11 is 1.63. The van der Waals surface area contributed by atoms with Gasteiger partial charge >= 0.3 is 0 Å². The lowest BCUT2D eigenvalue weighted by Crippen LogP contribution is -2.16. The first-order chi connectivity index (χ1) is 7.83. The van der Waals surface area contributed by atoms with Gasteiger partial charge in [-0.2, -0.15) is 0 Å². The molecule has 7 heteroatoms. The van der Waals surface area contributed by atoms with Gasteiger partial charge in [-0.05, 0) is 23.6 Å². The van der Waals surface area contributed by atoms with Gasteiger partial charge in [-0.25, -0.2) is 0 Å². The maximum absolute atomic E-state index is 5.78. The minimum atomic E-state index is 0. The van der Waals surface area contributed by atoms with Gasteiger partial charge in [-0.1, -0.05) is 11.2 Å². The van der Waals surface area contributed by atoms with E-state index >= 15 is 0 Å². The predicted octanol–water partition coefficient (Wildman–Crippen LogP) is 2.92. The lowest BCUT2D eigenvalue weighted by atomic mass is 10.1. The van der Waals surface area contributed by atoms with Crippen molar-refractivity contribution in [1.29, 1.82) is 0 Å². The van der Waals surface area contributed by atoms with Crippen molar-refractivity contribution in [2.75, 3.05) is 7.11 Å². The standard InChI is InChI=1S/C11H11N3OS.2ClH/c1-15-14-11(12)10-8(4-2-6-13-10)9-5-3-7-16-9;;/h2-7H,1H3,(H2,12,14);2*1H. The molecule has 2 aromatic rings. The van der Waals surface area contributed by atoms with Crippen molar-refractivity contribution < 1.29 is 4.84 Å². The third-order valence-corrected chi connectivity index (χ3v) is 2.93. The number of halogens is 2. The van der Waals surface area contributed by atoms with Crippen LogP contribution in [0.15, 0.2) is 41.0 Å². The van der Waals surface area contributed by atoms with Crippen LogP contribution in [-0.4, -0.2) is 17.9 Å². The van der Waals surface area contributed by atoms with Crippen molar-refractivity contribution in [1.82, 2.24) is 4.98 Å². The fourth-order valence-corrected chi connectivity index (χ4v) is 2.13. The molecule has 0 aliphatic rings. The maximum Gasteiger partial charge on any atom is 0.189 e. The van der Waals surface area contributed by atoms with Gasteiger partial charge in [-0.3, -0.25) is 4.98 Å². The number of oxime groups is 1. The van der Waals surface area contributed by atoms with Crippen molar-refractivity contribution in [3.8, 4) is 10.4 Å². The Hall–Kier alpha value is -1.30. The van der Waals surface area contributed by atoms with Crippen molar-refractivity contribution >= 4 is 42.0 Å². The zero-order valence-corrected chi connectivity index (χ0v) is 12.0.